The second kappa shape index (κ2) is 13.8. The molecule has 1 aliphatic rings. The third kappa shape index (κ3) is 11.2. The van der Waals surface area contributed by atoms with Crippen molar-refractivity contribution in [3.8, 4) is 0 Å². The summed E-state index contributed by atoms with van der Waals surface area (Å²) in [7, 11) is 0. The van der Waals surface area contributed by atoms with Crippen molar-refractivity contribution in [2.24, 2.45) is 0 Å². The van der Waals surface area contributed by atoms with E-state index in [0.29, 0.717) is 0 Å². The standard InChI is InChI=1S/C8H12.2ClH.Ru/c1-2-4-6-8-7-5-3-1;;;/h1-2,7-8H,3-6H2;2*1H;/q;;;+3/p-2. The van der Waals surface area contributed by atoms with Gasteiger partial charge in [-0.25, -0.2) is 0 Å². The molecular weight excluding hydrogens is 268 g/mol. The fraction of sp³-hybridized carbons (Fsp3) is 0.500. The summed E-state index contributed by atoms with van der Waals surface area (Å²) in [6.45, 7) is 0. The molecule has 0 nitrogen and oxygen atoms in total. The largest absolute Gasteiger partial charge is 3.00 e. The van der Waals surface area contributed by atoms with E-state index in [0.717, 1.165) is 0 Å². The summed E-state index contributed by atoms with van der Waals surface area (Å²) in [5.41, 5.74) is 0. The summed E-state index contributed by atoms with van der Waals surface area (Å²) >= 11 is 0. The molecule has 1 fully saturated rings. The fourth-order valence-corrected chi connectivity index (χ4v) is 0.856. The van der Waals surface area contributed by atoms with E-state index in [2.05, 4.69) is 25.7 Å². The first-order chi connectivity index (χ1) is 4.00. The predicted octanol–water partition coefficient (Wildman–Crippen LogP) is -3.62. The molecule has 65 valence electrons. The summed E-state index contributed by atoms with van der Waals surface area (Å²) in [6, 6.07) is 0. The maximum absolute atomic E-state index is 2.27. The van der Waals surface area contributed by atoms with Crippen molar-refractivity contribution in [2.45, 2.75) is 25.7 Å². The van der Waals surface area contributed by atoms with Gasteiger partial charge < -0.3 is 24.8 Å². The number of halogens is 2. The molecule has 0 amide bonds. The average Bonchev–Trinajstić information content (AvgIpc) is 1.62. The Hall–Kier alpha value is 1.20. The summed E-state index contributed by atoms with van der Waals surface area (Å²) in [6.07, 6.45) is 14.0. The normalized spacial score (nSPS) is 17.5. The van der Waals surface area contributed by atoms with Crippen LogP contribution in [0.25, 0.3) is 0 Å². The van der Waals surface area contributed by atoms with Gasteiger partial charge in [0.25, 0.3) is 0 Å². The van der Waals surface area contributed by atoms with E-state index in [4.69, 9.17) is 0 Å². The molecule has 5 radical (unpaired) electrons. The van der Waals surface area contributed by atoms with E-state index in [-0.39, 0.29) is 44.3 Å². The molecule has 0 aliphatic heterocycles. The van der Waals surface area contributed by atoms with Crippen LogP contribution in [-0.4, -0.2) is 0 Å². The van der Waals surface area contributed by atoms with Gasteiger partial charge in [0.15, 0.2) is 0 Å². The van der Waals surface area contributed by atoms with E-state index < -0.39 is 0 Å². The van der Waals surface area contributed by atoms with E-state index in [1.165, 1.54) is 25.7 Å². The molecule has 0 atom stereocenters. The van der Waals surface area contributed by atoms with Gasteiger partial charge in [0.05, 0.1) is 0 Å². The minimum atomic E-state index is 0. The molecule has 0 aromatic rings. The maximum atomic E-state index is 2.27. The molecular formula is C8H12Cl2Ru+. The van der Waals surface area contributed by atoms with E-state index in [9.17, 15) is 0 Å². The Labute approximate surface area is 95.5 Å². The van der Waals surface area contributed by atoms with E-state index in [1.807, 2.05) is 0 Å². The van der Waals surface area contributed by atoms with Gasteiger partial charge >= 0.3 is 19.5 Å². The molecule has 0 bridgehead atoms. The SMILES string of the molecule is [CH]1[CH]CC[CH][CH]CC1.[Cl-].[Cl-].[Ru+3]. The van der Waals surface area contributed by atoms with Crippen LogP contribution in [-0.2, 0) is 19.5 Å². The van der Waals surface area contributed by atoms with Crippen LogP contribution in [0.15, 0.2) is 0 Å². The predicted molar refractivity (Wildman–Crippen MR) is 35.7 cm³/mol. The Morgan fingerprint density at radius 2 is 0.727 bits per heavy atom. The molecule has 3 heteroatoms. The number of hydrogen-bond donors (Lipinski definition) is 0. The van der Waals surface area contributed by atoms with Crippen molar-refractivity contribution in [1.82, 2.24) is 0 Å². The van der Waals surface area contributed by atoms with Crippen molar-refractivity contribution in [2.75, 3.05) is 0 Å². The monoisotopic (exact) mass is 280 g/mol. The summed E-state index contributed by atoms with van der Waals surface area (Å²) in [5.74, 6) is 0. The number of rotatable bonds is 0. The molecule has 0 spiro atoms. The zero-order valence-corrected chi connectivity index (χ0v) is 9.50. The van der Waals surface area contributed by atoms with E-state index in [1.54, 1.807) is 0 Å². The van der Waals surface area contributed by atoms with Crippen LogP contribution in [0.2, 0.25) is 0 Å². The van der Waals surface area contributed by atoms with Crippen LogP contribution in [0.3, 0.4) is 0 Å². The van der Waals surface area contributed by atoms with Crippen LogP contribution >= 0.6 is 0 Å². The third-order valence-corrected chi connectivity index (χ3v) is 1.33. The van der Waals surface area contributed by atoms with Gasteiger partial charge in [-0.3, -0.25) is 0 Å². The van der Waals surface area contributed by atoms with Gasteiger partial charge in [-0.2, -0.15) is 0 Å². The van der Waals surface area contributed by atoms with Gasteiger partial charge in [-0.05, 0) is 51.4 Å². The first-order valence-corrected chi connectivity index (χ1v) is 3.30. The molecule has 0 unspecified atom stereocenters. The molecule has 0 aromatic carbocycles. The second-order valence-electron chi connectivity index (χ2n) is 2.10. The summed E-state index contributed by atoms with van der Waals surface area (Å²) in [4.78, 5) is 0. The molecule has 1 aliphatic carbocycles. The van der Waals surface area contributed by atoms with Crippen molar-refractivity contribution >= 4 is 0 Å². The Balaban J connectivity index is -0.000000213. The van der Waals surface area contributed by atoms with Crippen molar-refractivity contribution in [3.63, 3.8) is 0 Å². The zero-order valence-electron chi connectivity index (χ0n) is 6.25. The number of hydrogen-bond acceptors (Lipinski definition) is 0. The first kappa shape index (κ1) is 18.1. The zero-order chi connectivity index (χ0) is 5.66. The smallest absolute Gasteiger partial charge is 1.00 e. The van der Waals surface area contributed by atoms with Crippen LogP contribution in [0.5, 0.6) is 0 Å². The maximum Gasteiger partial charge on any atom is 3.00 e. The topological polar surface area (TPSA) is 0 Å². The Morgan fingerprint density at radius 1 is 0.545 bits per heavy atom. The fourth-order valence-electron chi connectivity index (χ4n) is 0.856. The van der Waals surface area contributed by atoms with Crippen LogP contribution < -0.4 is 24.8 Å². The van der Waals surface area contributed by atoms with Gasteiger partial charge in [-0.15, -0.1) is 0 Å². The Kier molecular flexibility index (Phi) is 22.6. The average molecular weight is 280 g/mol. The minimum absolute atomic E-state index is 0. The van der Waals surface area contributed by atoms with Gasteiger partial charge in [0.2, 0.25) is 0 Å². The van der Waals surface area contributed by atoms with Crippen LogP contribution in [0.1, 0.15) is 25.7 Å². The second-order valence-corrected chi connectivity index (χ2v) is 2.10. The first-order valence-electron chi connectivity index (χ1n) is 3.30. The van der Waals surface area contributed by atoms with Gasteiger partial charge in [-0.1, -0.05) is 0 Å². The van der Waals surface area contributed by atoms with Gasteiger partial charge in [0.1, 0.15) is 0 Å². The Bertz CT molecular complexity index is 36.1. The Morgan fingerprint density at radius 3 is 0.909 bits per heavy atom. The summed E-state index contributed by atoms with van der Waals surface area (Å²) < 4.78 is 0. The molecule has 0 N–H and O–H groups in total. The third-order valence-electron chi connectivity index (χ3n) is 1.33. The van der Waals surface area contributed by atoms with Crippen LogP contribution in [0.4, 0.5) is 0 Å². The molecule has 0 heterocycles. The molecule has 1 rings (SSSR count). The summed E-state index contributed by atoms with van der Waals surface area (Å²) in [5, 5.41) is 0. The molecule has 0 saturated heterocycles. The van der Waals surface area contributed by atoms with Crippen molar-refractivity contribution in [3.05, 3.63) is 25.7 Å². The van der Waals surface area contributed by atoms with Gasteiger partial charge in [0, 0.05) is 0 Å². The minimum Gasteiger partial charge on any atom is -1.00 e. The van der Waals surface area contributed by atoms with Crippen molar-refractivity contribution in [1.29, 1.82) is 0 Å². The molecule has 1 saturated carbocycles. The van der Waals surface area contributed by atoms with Crippen LogP contribution in [0, 0.1) is 25.7 Å². The quantitative estimate of drug-likeness (QED) is 0.402. The van der Waals surface area contributed by atoms with Crippen molar-refractivity contribution < 1.29 is 44.3 Å². The molecule has 0 aromatic heterocycles. The van der Waals surface area contributed by atoms with E-state index >= 15 is 0 Å². The molecule has 11 heavy (non-hydrogen) atoms.